The second kappa shape index (κ2) is 7.34. The molecule has 0 N–H and O–H groups in total. The van der Waals surface area contributed by atoms with Gasteiger partial charge in [0.25, 0.3) is 0 Å². The van der Waals surface area contributed by atoms with Gasteiger partial charge in [-0.1, -0.05) is 0 Å². The Morgan fingerprint density at radius 3 is 2.56 bits per heavy atom. The minimum atomic E-state index is -0.677. The number of ether oxygens (including phenoxy) is 1. The molecule has 0 aliphatic carbocycles. The lowest BCUT2D eigenvalue weighted by Crippen LogP contribution is -2.62. The van der Waals surface area contributed by atoms with Crippen molar-refractivity contribution >= 4 is 5.95 Å². The summed E-state index contributed by atoms with van der Waals surface area (Å²) in [5.74, 6) is -1.11. The summed E-state index contributed by atoms with van der Waals surface area (Å²) in [5.41, 5.74) is 0. The number of anilines is 1. The van der Waals surface area contributed by atoms with Gasteiger partial charge in [0.05, 0.1) is 12.4 Å². The molecule has 0 saturated carbocycles. The highest BCUT2D eigenvalue weighted by atomic mass is 19.1. The van der Waals surface area contributed by atoms with Crippen molar-refractivity contribution in [3.63, 3.8) is 0 Å². The predicted octanol–water partition coefficient (Wildman–Crippen LogP) is 3.01. The monoisotopic (exact) mass is 378 g/mol. The second-order valence-corrected chi connectivity index (χ2v) is 7.09. The van der Waals surface area contributed by atoms with Gasteiger partial charge in [0.1, 0.15) is 11.9 Å². The van der Waals surface area contributed by atoms with Crippen molar-refractivity contribution < 1.29 is 17.9 Å². The Hall–Kier alpha value is -2.35. The molecule has 2 aliphatic rings. The van der Waals surface area contributed by atoms with E-state index in [0.717, 1.165) is 32.0 Å². The van der Waals surface area contributed by atoms with Crippen molar-refractivity contribution in [3.8, 4) is 5.75 Å². The molecule has 2 fully saturated rings. The van der Waals surface area contributed by atoms with Crippen LogP contribution in [0.1, 0.15) is 19.8 Å². The smallest absolute Gasteiger partial charge is 0.225 e. The molecule has 1 unspecified atom stereocenters. The third-order valence-electron chi connectivity index (χ3n) is 5.42. The lowest BCUT2D eigenvalue weighted by atomic mass is 9.92. The maximum Gasteiger partial charge on any atom is 0.225 e. The molecule has 3 heterocycles. The molecule has 0 radical (unpaired) electrons. The SMILES string of the molecule is CC1[C@@H]2CC[C@H](Oc3ccc(F)cc3F)CN2CCN1c1ncc(F)cn1. The highest BCUT2D eigenvalue weighted by Crippen LogP contribution is 2.30. The van der Waals surface area contributed by atoms with Crippen LogP contribution < -0.4 is 9.64 Å². The van der Waals surface area contributed by atoms with Gasteiger partial charge in [-0.3, -0.25) is 4.90 Å². The van der Waals surface area contributed by atoms with E-state index in [0.29, 0.717) is 18.5 Å². The molecule has 0 spiro atoms. The topological polar surface area (TPSA) is 41.5 Å². The van der Waals surface area contributed by atoms with Crippen molar-refractivity contribution in [2.24, 2.45) is 0 Å². The molecule has 8 heteroatoms. The molecule has 4 rings (SSSR count). The summed E-state index contributed by atoms with van der Waals surface area (Å²) in [6, 6.07) is 3.85. The molecule has 2 aromatic rings. The number of hydrogen-bond donors (Lipinski definition) is 0. The minimum absolute atomic E-state index is 0.0891. The van der Waals surface area contributed by atoms with Crippen molar-refractivity contribution in [1.82, 2.24) is 14.9 Å². The summed E-state index contributed by atoms with van der Waals surface area (Å²) in [7, 11) is 0. The summed E-state index contributed by atoms with van der Waals surface area (Å²) < 4.78 is 45.8. The maximum atomic E-state index is 13.8. The number of piperazine rings is 1. The Labute approximate surface area is 155 Å². The maximum absolute atomic E-state index is 13.8. The van der Waals surface area contributed by atoms with E-state index in [1.54, 1.807) is 0 Å². The van der Waals surface area contributed by atoms with Crippen molar-refractivity contribution in [2.45, 2.75) is 38.0 Å². The van der Waals surface area contributed by atoms with Crippen LogP contribution in [-0.4, -0.2) is 52.7 Å². The molecule has 5 nitrogen and oxygen atoms in total. The Balaban J connectivity index is 1.41. The molecule has 2 saturated heterocycles. The Kier molecular flexibility index (Phi) is 4.90. The average Bonchev–Trinajstić information content (AvgIpc) is 2.65. The van der Waals surface area contributed by atoms with E-state index in [1.165, 1.54) is 24.5 Å². The number of benzene rings is 1. The number of aromatic nitrogens is 2. The van der Waals surface area contributed by atoms with Crippen LogP contribution >= 0.6 is 0 Å². The lowest BCUT2D eigenvalue weighted by Gasteiger charge is -2.50. The van der Waals surface area contributed by atoms with Crippen LogP contribution in [0.4, 0.5) is 19.1 Å². The van der Waals surface area contributed by atoms with Gasteiger partial charge >= 0.3 is 0 Å². The van der Waals surface area contributed by atoms with Crippen LogP contribution in [0.5, 0.6) is 5.75 Å². The van der Waals surface area contributed by atoms with E-state index in [4.69, 9.17) is 4.74 Å². The molecule has 2 aliphatic heterocycles. The van der Waals surface area contributed by atoms with Gasteiger partial charge in [0.15, 0.2) is 17.4 Å². The van der Waals surface area contributed by atoms with Crippen molar-refractivity contribution in [3.05, 3.63) is 48.0 Å². The zero-order valence-electron chi connectivity index (χ0n) is 15.0. The molecule has 1 aromatic heterocycles. The highest BCUT2D eigenvalue weighted by molar-refractivity contribution is 5.33. The Bertz CT molecular complexity index is 804. The number of piperidine rings is 1. The van der Waals surface area contributed by atoms with Gasteiger partial charge in [-0.25, -0.2) is 23.1 Å². The first-order chi connectivity index (χ1) is 13.0. The summed E-state index contributed by atoms with van der Waals surface area (Å²) in [6.45, 7) is 4.32. The molecule has 1 aromatic carbocycles. The highest BCUT2D eigenvalue weighted by Gasteiger charge is 2.39. The number of fused-ring (bicyclic) bond motifs is 1. The fourth-order valence-electron chi connectivity index (χ4n) is 4.06. The lowest BCUT2D eigenvalue weighted by molar-refractivity contribution is 0.0270. The van der Waals surface area contributed by atoms with Crippen LogP contribution in [0, 0.1) is 17.5 Å². The van der Waals surface area contributed by atoms with E-state index in [2.05, 4.69) is 26.7 Å². The Morgan fingerprint density at radius 2 is 1.81 bits per heavy atom. The molecular formula is C19H21F3N4O. The Morgan fingerprint density at radius 1 is 1.04 bits per heavy atom. The summed E-state index contributed by atoms with van der Waals surface area (Å²) >= 11 is 0. The van der Waals surface area contributed by atoms with Gasteiger partial charge in [-0.05, 0) is 31.9 Å². The number of halogens is 3. The quantitative estimate of drug-likeness (QED) is 0.821. The summed E-state index contributed by atoms with van der Waals surface area (Å²) in [5, 5.41) is 0. The van der Waals surface area contributed by atoms with Gasteiger partial charge in [0, 0.05) is 37.8 Å². The zero-order valence-corrected chi connectivity index (χ0v) is 15.0. The third kappa shape index (κ3) is 3.71. The number of hydrogen-bond acceptors (Lipinski definition) is 5. The predicted molar refractivity (Wildman–Crippen MR) is 94.2 cm³/mol. The third-order valence-corrected chi connectivity index (χ3v) is 5.42. The van der Waals surface area contributed by atoms with Crippen LogP contribution in [0.25, 0.3) is 0 Å². The van der Waals surface area contributed by atoms with E-state index in [-0.39, 0.29) is 17.9 Å². The number of nitrogens with zero attached hydrogens (tertiary/aromatic N) is 4. The van der Waals surface area contributed by atoms with Gasteiger partial charge in [-0.2, -0.15) is 0 Å². The van der Waals surface area contributed by atoms with Crippen LogP contribution in [0.15, 0.2) is 30.6 Å². The van der Waals surface area contributed by atoms with E-state index in [9.17, 15) is 13.2 Å². The molecule has 27 heavy (non-hydrogen) atoms. The van der Waals surface area contributed by atoms with Crippen molar-refractivity contribution in [1.29, 1.82) is 0 Å². The first-order valence-electron chi connectivity index (χ1n) is 9.11. The van der Waals surface area contributed by atoms with Crippen LogP contribution in [0.3, 0.4) is 0 Å². The molecule has 0 amide bonds. The molecule has 0 bridgehead atoms. The molecule has 3 atom stereocenters. The van der Waals surface area contributed by atoms with E-state index < -0.39 is 17.5 Å². The minimum Gasteiger partial charge on any atom is -0.486 e. The molecular weight excluding hydrogens is 357 g/mol. The zero-order chi connectivity index (χ0) is 19.0. The summed E-state index contributed by atoms with van der Waals surface area (Å²) in [6.07, 6.45) is 3.89. The second-order valence-electron chi connectivity index (χ2n) is 7.09. The average molecular weight is 378 g/mol. The van der Waals surface area contributed by atoms with Gasteiger partial charge in [-0.15, -0.1) is 0 Å². The van der Waals surface area contributed by atoms with E-state index >= 15 is 0 Å². The van der Waals surface area contributed by atoms with Gasteiger partial charge < -0.3 is 9.64 Å². The fourth-order valence-corrected chi connectivity index (χ4v) is 4.06. The fraction of sp³-hybridized carbons (Fsp3) is 0.474. The number of rotatable bonds is 3. The van der Waals surface area contributed by atoms with Crippen LogP contribution in [0.2, 0.25) is 0 Å². The standard InChI is InChI=1S/C19H21F3N4O/c1-12-17-4-3-15(27-18-5-2-13(20)8-16(18)22)11-25(17)6-7-26(12)19-23-9-14(21)10-24-19/h2,5,8-10,12,15,17H,3-4,6-7,11H2,1H3/t12?,15-,17-/m0/s1. The molecule has 144 valence electrons. The normalized spacial score (nSPS) is 25.9. The largest absolute Gasteiger partial charge is 0.486 e. The first-order valence-corrected chi connectivity index (χ1v) is 9.11. The van der Waals surface area contributed by atoms with Crippen molar-refractivity contribution in [2.75, 3.05) is 24.5 Å². The van der Waals surface area contributed by atoms with Gasteiger partial charge in [0.2, 0.25) is 5.95 Å². The van der Waals surface area contributed by atoms with E-state index in [1.807, 2.05) is 0 Å². The first kappa shape index (κ1) is 18.0. The summed E-state index contributed by atoms with van der Waals surface area (Å²) in [4.78, 5) is 12.6. The van der Waals surface area contributed by atoms with Crippen LogP contribution in [-0.2, 0) is 0 Å².